The summed E-state index contributed by atoms with van der Waals surface area (Å²) in [7, 11) is 0. The third-order valence-corrected chi connectivity index (χ3v) is 5.70. The summed E-state index contributed by atoms with van der Waals surface area (Å²) < 4.78 is 0. The Bertz CT molecular complexity index is 831. The first-order chi connectivity index (χ1) is 13.1. The second kappa shape index (κ2) is 7.55. The molecule has 0 unspecified atom stereocenters. The number of carboxylic acid groups (broad SMARTS) is 1. The molecule has 0 amide bonds. The van der Waals surface area contributed by atoms with E-state index in [0.29, 0.717) is 12.8 Å². The lowest BCUT2D eigenvalue weighted by atomic mass is 9.97. The van der Waals surface area contributed by atoms with Gasteiger partial charge in [0.05, 0.1) is 5.92 Å². The predicted molar refractivity (Wildman–Crippen MR) is 105 cm³/mol. The van der Waals surface area contributed by atoms with Gasteiger partial charge in [0.2, 0.25) is 5.95 Å². The van der Waals surface area contributed by atoms with E-state index in [9.17, 15) is 9.90 Å². The topological polar surface area (TPSA) is 69.6 Å². The molecule has 6 nitrogen and oxygen atoms in total. The van der Waals surface area contributed by atoms with Gasteiger partial charge in [0.1, 0.15) is 5.82 Å². The number of fused-ring (bicyclic) bond motifs is 1. The molecule has 2 aliphatic heterocycles. The third-order valence-electron chi connectivity index (χ3n) is 5.70. The molecule has 2 aromatic rings. The first-order valence-corrected chi connectivity index (χ1v) is 9.81. The molecule has 142 valence electrons. The highest BCUT2D eigenvalue weighted by Crippen LogP contribution is 2.27. The second-order valence-corrected chi connectivity index (χ2v) is 7.41. The fourth-order valence-corrected chi connectivity index (χ4v) is 3.98. The molecule has 0 bridgehead atoms. The monoisotopic (exact) mass is 366 g/mol. The zero-order valence-corrected chi connectivity index (χ0v) is 15.8. The molecule has 1 fully saturated rings. The van der Waals surface area contributed by atoms with Crippen LogP contribution in [0.2, 0.25) is 0 Å². The van der Waals surface area contributed by atoms with Gasteiger partial charge in [0.25, 0.3) is 0 Å². The van der Waals surface area contributed by atoms with E-state index in [1.54, 1.807) is 0 Å². The van der Waals surface area contributed by atoms with Gasteiger partial charge in [0.15, 0.2) is 0 Å². The number of hydrogen-bond acceptors (Lipinski definition) is 5. The predicted octanol–water partition coefficient (Wildman–Crippen LogP) is 2.90. The molecule has 4 rings (SSSR count). The van der Waals surface area contributed by atoms with Crippen molar-refractivity contribution in [1.29, 1.82) is 0 Å². The van der Waals surface area contributed by atoms with Crippen LogP contribution in [-0.2, 0) is 24.2 Å². The minimum Gasteiger partial charge on any atom is -0.481 e. The SMILES string of the molecule is CCc1cc(N2CCC(C(=O)O)CC2)nc(N2CCc3ccccc3C2)n1. The maximum absolute atomic E-state index is 11.2. The van der Waals surface area contributed by atoms with Crippen molar-refractivity contribution in [1.82, 2.24) is 9.97 Å². The molecule has 27 heavy (non-hydrogen) atoms. The van der Waals surface area contributed by atoms with Gasteiger partial charge in [-0.1, -0.05) is 31.2 Å². The summed E-state index contributed by atoms with van der Waals surface area (Å²) in [6.07, 6.45) is 3.22. The molecule has 0 saturated carbocycles. The van der Waals surface area contributed by atoms with Gasteiger partial charge < -0.3 is 14.9 Å². The quantitative estimate of drug-likeness (QED) is 0.897. The largest absolute Gasteiger partial charge is 0.481 e. The van der Waals surface area contributed by atoms with E-state index in [2.05, 4.69) is 47.1 Å². The van der Waals surface area contributed by atoms with Crippen LogP contribution in [0.25, 0.3) is 0 Å². The smallest absolute Gasteiger partial charge is 0.306 e. The van der Waals surface area contributed by atoms with Crippen molar-refractivity contribution < 1.29 is 9.90 Å². The highest BCUT2D eigenvalue weighted by atomic mass is 16.4. The molecule has 1 aromatic heterocycles. The summed E-state index contributed by atoms with van der Waals surface area (Å²) >= 11 is 0. The van der Waals surface area contributed by atoms with Crippen LogP contribution in [-0.4, -0.2) is 40.7 Å². The van der Waals surface area contributed by atoms with Crippen LogP contribution < -0.4 is 9.80 Å². The van der Waals surface area contributed by atoms with Crippen molar-refractivity contribution >= 4 is 17.7 Å². The average molecular weight is 366 g/mol. The normalized spacial score (nSPS) is 17.7. The van der Waals surface area contributed by atoms with Crippen LogP contribution in [0.4, 0.5) is 11.8 Å². The van der Waals surface area contributed by atoms with Gasteiger partial charge in [-0.05, 0) is 36.8 Å². The van der Waals surface area contributed by atoms with E-state index in [0.717, 1.165) is 56.5 Å². The van der Waals surface area contributed by atoms with Gasteiger partial charge in [0, 0.05) is 37.9 Å². The Balaban J connectivity index is 1.56. The van der Waals surface area contributed by atoms with Crippen molar-refractivity contribution in [2.45, 2.75) is 39.2 Å². The van der Waals surface area contributed by atoms with Crippen molar-refractivity contribution in [2.75, 3.05) is 29.4 Å². The van der Waals surface area contributed by atoms with Crippen molar-refractivity contribution in [3.63, 3.8) is 0 Å². The van der Waals surface area contributed by atoms with E-state index in [4.69, 9.17) is 9.97 Å². The zero-order valence-electron chi connectivity index (χ0n) is 15.8. The Morgan fingerprint density at radius 2 is 1.85 bits per heavy atom. The molecule has 0 radical (unpaired) electrons. The average Bonchev–Trinajstić information content (AvgIpc) is 2.73. The lowest BCUT2D eigenvalue weighted by Gasteiger charge is -2.33. The number of rotatable bonds is 4. The summed E-state index contributed by atoms with van der Waals surface area (Å²) in [5, 5.41) is 9.22. The Labute approximate surface area is 159 Å². The number of nitrogens with zero attached hydrogens (tertiary/aromatic N) is 4. The number of carbonyl (C=O) groups is 1. The maximum Gasteiger partial charge on any atom is 0.306 e. The van der Waals surface area contributed by atoms with Gasteiger partial charge in [-0.3, -0.25) is 4.79 Å². The standard InChI is InChI=1S/C21H26N4O2/c1-2-18-13-19(24-10-8-16(9-11-24)20(26)27)23-21(22-18)25-12-7-15-5-3-4-6-17(15)14-25/h3-6,13,16H,2,7-12,14H2,1H3,(H,26,27). The molecule has 0 aliphatic carbocycles. The summed E-state index contributed by atoms with van der Waals surface area (Å²) in [6.45, 7) is 5.34. The Morgan fingerprint density at radius 3 is 2.56 bits per heavy atom. The lowest BCUT2D eigenvalue weighted by molar-refractivity contribution is -0.142. The van der Waals surface area contributed by atoms with E-state index >= 15 is 0 Å². The van der Waals surface area contributed by atoms with E-state index in [1.165, 1.54) is 11.1 Å². The van der Waals surface area contributed by atoms with Crippen LogP contribution in [0.1, 0.15) is 36.6 Å². The Hall–Kier alpha value is -2.63. The molecule has 0 spiro atoms. The number of aryl methyl sites for hydroxylation is 1. The zero-order chi connectivity index (χ0) is 18.8. The van der Waals surface area contributed by atoms with E-state index in [1.807, 2.05) is 0 Å². The number of aliphatic carboxylic acids is 1. The summed E-state index contributed by atoms with van der Waals surface area (Å²) in [6, 6.07) is 10.6. The van der Waals surface area contributed by atoms with Gasteiger partial charge in [-0.15, -0.1) is 0 Å². The molecule has 0 atom stereocenters. The Morgan fingerprint density at radius 1 is 1.11 bits per heavy atom. The van der Waals surface area contributed by atoms with Crippen LogP contribution in [0.15, 0.2) is 30.3 Å². The molecule has 1 saturated heterocycles. The molecule has 1 N–H and O–H groups in total. The fraction of sp³-hybridized carbons (Fsp3) is 0.476. The van der Waals surface area contributed by atoms with Crippen molar-refractivity contribution in [3.05, 3.63) is 47.2 Å². The van der Waals surface area contributed by atoms with Crippen molar-refractivity contribution in [2.24, 2.45) is 5.92 Å². The van der Waals surface area contributed by atoms with Gasteiger partial charge in [-0.2, -0.15) is 4.98 Å². The third kappa shape index (κ3) is 3.75. The number of hydrogen-bond donors (Lipinski definition) is 1. The Kier molecular flexibility index (Phi) is 4.97. The summed E-state index contributed by atoms with van der Waals surface area (Å²) in [4.78, 5) is 25.3. The van der Waals surface area contributed by atoms with E-state index in [-0.39, 0.29) is 5.92 Å². The number of carboxylic acids is 1. The van der Waals surface area contributed by atoms with Crippen LogP contribution in [0, 0.1) is 5.92 Å². The van der Waals surface area contributed by atoms with Crippen LogP contribution >= 0.6 is 0 Å². The highest BCUT2D eigenvalue weighted by Gasteiger charge is 2.26. The highest BCUT2D eigenvalue weighted by molar-refractivity contribution is 5.70. The molecular weight excluding hydrogens is 340 g/mol. The summed E-state index contributed by atoms with van der Waals surface area (Å²) in [5.41, 5.74) is 3.80. The number of anilines is 2. The van der Waals surface area contributed by atoms with Crippen molar-refractivity contribution in [3.8, 4) is 0 Å². The van der Waals surface area contributed by atoms with Crippen LogP contribution in [0.3, 0.4) is 0 Å². The fourth-order valence-electron chi connectivity index (χ4n) is 3.98. The lowest BCUT2D eigenvalue weighted by Crippen LogP contribution is -2.37. The number of benzene rings is 1. The van der Waals surface area contributed by atoms with Crippen LogP contribution in [0.5, 0.6) is 0 Å². The van der Waals surface area contributed by atoms with Gasteiger partial charge in [-0.25, -0.2) is 4.98 Å². The maximum atomic E-state index is 11.2. The molecule has 2 aliphatic rings. The molecular formula is C21H26N4O2. The van der Waals surface area contributed by atoms with E-state index < -0.39 is 5.97 Å². The van der Waals surface area contributed by atoms with Gasteiger partial charge >= 0.3 is 5.97 Å². The molecule has 3 heterocycles. The minimum absolute atomic E-state index is 0.230. The number of aromatic nitrogens is 2. The first-order valence-electron chi connectivity index (χ1n) is 9.81. The first kappa shape index (κ1) is 17.8. The summed E-state index contributed by atoms with van der Waals surface area (Å²) in [5.74, 6) is 0.810. The number of piperidine rings is 1. The second-order valence-electron chi connectivity index (χ2n) is 7.41. The molecule has 1 aromatic carbocycles. The minimum atomic E-state index is -0.681. The molecule has 6 heteroatoms.